The molecule has 0 spiro atoms. The average Bonchev–Trinajstić information content (AvgIpc) is 3.01. The Kier molecular flexibility index (Phi) is 5.09. The number of esters is 1. The molecule has 0 atom stereocenters. The van der Waals surface area contributed by atoms with Crippen molar-refractivity contribution in [2.24, 2.45) is 0 Å². The molecule has 3 aromatic carbocycles. The fourth-order valence-corrected chi connectivity index (χ4v) is 3.38. The van der Waals surface area contributed by atoms with Crippen molar-refractivity contribution in [2.45, 2.75) is 6.92 Å². The summed E-state index contributed by atoms with van der Waals surface area (Å²) in [7, 11) is 0. The number of hydrogen-bond donors (Lipinski definition) is 1. The SMILES string of the molecule is Cc1cccc(N2C(=O)c3ccc(C(=O)OCC(=O)c4cccc(N)c4)cc3C2=O)c1. The van der Waals surface area contributed by atoms with Gasteiger partial charge in [0.1, 0.15) is 0 Å². The molecule has 0 saturated carbocycles. The van der Waals surface area contributed by atoms with Gasteiger partial charge < -0.3 is 10.5 Å². The van der Waals surface area contributed by atoms with Crippen molar-refractivity contribution >= 4 is 34.9 Å². The highest BCUT2D eigenvalue weighted by Crippen LogP contribution is 2.29. The fourth-order valence-electron chi connectivity index (χ4n) is 3.38. The molecule has 4 rings (SSSR count). The van der Waals surface area contributed by atoms with E-state index in [1.807, 2.05) is 13.0 Å². The van der Waals surface area contributed by atoms with Gasteiger partial charge in [0.25, 0.3) is 11.8 Å². The van der Waals surface area contributed by atoms with Crippen LogP contribution in [0.4, 0.5) is 11.4 Å². The van der Waals surface area contributed by atoms with Gasteiger partial charge in [-0.15, -0.1) is 0 Å². The largest absolute Gasteiger partial charge is 0.454 e. The first kappa shape index (κ1) is 20.0. The molecule has 0 fully saturated rings. The van der Waals surface area contributed by atoms with E-state index in [0.29, 0.717) is 16.9 Å². The van der Waals surface area contributed by atoms with Gasteiger partial charge in [-0.3, -0.25) is 14.4 Å². The maximum atomic E-state index is 12.9. The van der Waals surface area contributed by atoms with Crippen LogP contribution in [-0.2, 0) is 4.74 Å². The Bertz CT molecular complexity index is 1250. The van der Waals surface area contributed by atoms with Gasteiger partial charge in [0.15, 0.2) is 12.4 Å². The zero-order chi connectivity index (χ0) is 22.1. The van der Waals surface area contributed by atoms with E-state index in [0.717, 1.165) is 10.5 Å². The number of carbonyl (C=O) groups excluding carboxylic acids is 4. The fraction of sp³-hybridized carbons (Fsp3) is 0.0833. The summed E-state index contributed by atoms with van der Waals surface area (Å²) in [6.07, 6.45) is 0. The summed E-state index contributed by atoms with van der Waals surface area (Å²) in [5, 5.41) is 0. The van der Waals surface area contributed by atoms with Gasteiger partial charge in [0, 0.05) is 11.3 Å². The van der Waals surface area contributed by atoms with Crippen LogP contribution < -0.4 is 10.6 Å². The van der Waals surface area contributed by atoms with Crippen molar-refractivity contribution in [1.29, 1.82) is 0 Å². The zero-order valence-corrected chi connectivity index (χ0v) is 16.6. The van der Waals surface area contributed by atoms with Crippen LogP contribution in [0.5, 0.6) is 0 Å². The van der Waals surface area contributed by atoms with Crippen molar-refractivity contribution in [3.8, 4) is 0 Å². The number of imide groups is 1. The number of rotatable bonds is 5. The average molecular weight is 414 g/mol. The van der Waals surface area contributed by atoms with Crippen molar-refractivity contribution in [3.05, 3.63) is 94.5 Å². The van der Waals surface area contributed by atoms with Crippen LogP contribution in [-0.4, -0.2) is 30.2 Å². The third-order valence-electron chi connectivity index (χ3n) is 4.93. The zero-order valence-electron chi connectivity index (χ0n) is 16.6. The monoisotopic (exact) mass is 414 g/mol. The number of amides is 2. The molecular formula is C24H18N2O5. The van der Waals surface area contributed by atoms with E-state index in [4.69, 9.17) is 10.5 Å². The van der Waals surface area contributed by atoms with E-state index >= 15 is 0 Å². The first-order chi connectivity index (χ1) is 14.8. The molecule has 0 aliphatic carbocycles. The topological polar surface area (TPSA) is 107 Å². The van der Waals surface area contributed by atoms with Crippen LogP contribution in [0.15, 0.2) is 66.7 Å². The summed E-state index contributed by atoms with van der Waals surface area (Å²) >= 11 is 0. The highest BCUT2D eigenvalue weighted by Gasteiger charge is 2.37. The van der Waals surface area contributed by atoms with E-state index in [-0.39, 0.29) is 16.7 Å². The summed E-state index contributed by atoms with van der Waals surface area (Å²) in [6, 6.07) is 17.5. The number of anilines is 2. The van der Waals surface area contributed by atoms with E-state index in [1.165, 1.54) is 24.3 Å². The molecule has 0 bridgehead atoms. The molecule has 1 aliphatic heterocycles. The minimum absolute atomic E-state index is 0.0753. The van der Waals surface area contributed by atoms with Crippen LogP contribution in [0.2, 0.25) is 0 Å². The summed E-state index contributed by atoms with van der Waals surface area (Å²) < 4.78 is 5.09. The van der Waals surface area contributed by atoms with E-state index in [1.54, 1.807) is 36.4 Å². The first-order valence-electron chi connectivity index (χ1n) is 9.50. The van der Waals surface area contributed by atoms with Gasteiger partial charge in [-0.25, -0.2) is 9.69 Å². The lowest BCUT2D eigenvalue weighted by atomic mass is 10.1. The van der Waals surface area contributed by atoms with Crippen LogP contribution in [0.3, 0.4) is 0 Å². The Hall–Kier alpha value is -4.26. The van der Waals surface area contributed by atoms with Gasteiger partial charge in [-0.1, -0.05) is 24.3 Å². The maximum absolute atomic E-state index is 12.9. The highest BCUT2D eigenvalue weighted by atomic mass is 16.5. The molecule has 0 radical (unpaired) electrons. The predicted octanol–water partition coefficient (Wildman–Crippen LogP) is 3.42. The van der Waals surface area contributed by atoms with E-state index in [9.17, 15) is 19.2 Å². The molecule has 2 amide bonds. The minimum Gasteiger partial charge on any atom is -0.454 e. The first-order valence-corrected chi connectivity index (χ1v) is 9.50. The summed E-state index contributed by atoms with van der Waals surface area (Å²) in [6.45, 7) is 1.39. The molecule has 0 saturated heterocycles. The molecule has 2 N–H and O–H groups in total. The number of nitrogen functional groups attached to an aromatic ring is 1. The van der Waals surface area contributed by atoms with Crippen molar-refractivity contribution in [3.63, 3.8) is 0 Å². The molecule has 0 unspecified atom stereocenters. The number of nitrogens with zero attached hydrogens (tertiary/aromatic N) is 1. The molecule has 1 heterocycles. The number of nitrogens with two attached hydrogens (primary N) is 1. The second-order valence-corrected chi connectivity index (χ2v) is 7.17. The second kappa shape index (κ2) is 7.87. The third kappa shape index (κ3) is 3.81. The number of ether oxygens (including phenoxy) is 1. The van der Waals surface area contributed by atoms with Crippen molar-refractivity contribution < 1.29 is 23.9 Å². The number of Topliss-reactive ketones (excluding diaryl/α,β-unsaturated/α-hetero) is 1. The van der Waals surface area contributed by atoms with Gasteiger partial charge >= 0.3 is 5.97 Å². The van der Waals surface area contributed by atoms with Crippen LogP contribution in [0.1, 0.15) is 47.0 Å². The van der Waals surface area contributed by atoms with E-state index < -0.39 is 30.2 Å². The Labute approximate surface area is 178 Å². The molecular weight excluding hydrogens is 396 g/mol. The Morgan fingerprint density at radius 3 is 2.35 bits per heavy atom. The smallest absolute Gasteiger partial charge is 0.338 e. The summed E-state index contributed by atoms with van der Waals surface area (Å²) in [5.74, 6) is -2.15. The molecule has 7 heteroatoms. The lowest BCUT2D eigenvalue weighted by Gasteiger charge is -2.14. The number of hydrogen-bond acceptors (Lipinski definition) is 6. The van der Waals surface area contributed by atoms with E-state index in [2.05, 4.69) is 0 Å². The molecule has 154 valence electrons. The second-order valence-electron chi connectivity index (χ2n) is 7.17. The number of aryl methyl sites for hydroxylation is 1. The quantitative estimate of drug-likeness (QED) is 0.297. The third-order valence-corrected chi connectivity index (χ3v) is 4.93. The van der Waals surface area contributed by atoms with Gasteiger partial charge in [0.2, 0.25) is 0 Å². The lowest BCUT2D eigenvalue weighted by molar-refractivity contribution is 0.0474. The Balaban J connectivity index is 1.52. The van der Waals surface area contributed by atoms with Gasteiger partial charge in [-0.2, -0.15) is 0 Å². The predicted molar refractivity (Wildman–Crippen MR) is 114 cm³/mol. The van der Waals surface area contributed by atoms with Crippen molar-refractivity contribution in [2.75, 3.05) is 17.2 Å². The maximum Gasteiger partial charge on any atom is 0.338 e. The number of carbonyl (C=O) groups is 4. The Morgan fingerprint density at radius 1 is 0.871 bits per heavy atom. The normalized spacial score (nSPS) is 12.6. The van der Waals surface area contributed by atoms with Gasteiger partial charge in [0.05, 0.1) is 22.4 Å². The van der Waals surface area contributed by atoms with Crippen LogP contribution in [0.25, 0.3) is 0 Å². The lowest BCUT2D eigenvalue weighted by Crippen LogP contribution is -2.29. The summed E-state index contributed by atoms with van der Waals surface area (Å²) in [4.78, 5) is 51.3. The molecule has 31 heavy (non-hydrogen) atoms. The number of benzene rings is 3. The Morgan fingerprint density at radius 2 is 1.61 bits per heavy atom. The summed E-state index contributed by atoms with van der Waals surface area (Å²) in [5.41, 5.74) is 8.18. The number of ketones is 1. The molecule has 0 aromatic heterocycles. The van der Waals surface area contributed by atoms with Crippen LogP contribution in [0, 0.1) is 6.92 Å². The molecule has 3 aromatic rings. The molecule has 1 aliphatic rings. The molecule has 7 nitrogen and oxygen atoms in total. The standard InChI is InChI=1S/C24H18N2O5/c1-14-4-2-7-18(10-14)26-22(28)19-9-8-16(12-20(19)23(26)29)24(30)31-13-21(27)15-5-3-6-17(25)11-15/h2-12H,13,25H2,1H3. The van der Waals surface area contributed by atoms with Crippen LogP contribution >= 0.6 is 0 Å². The minimum atomic E-state index is -0.769. The van der Waals surface area contributed by atoms with Gasteiger partial charge in [-0.05, 0) is 55.0 Å². The number of fused-ring (bicyclic) bond motifs is 1. The van der Waals surface area contributed by atoms with Crippen molar-refractivity contribution in [1.82, 2.24) is 0 Å². The highest BCUT2D eigenvalue weighted by molar-refractivity contribution is 6.34.